The lowest BCUT2D eigenvalue weighted by atomic mass is 9.79. The lowest BCUT2D eigenvalue weighted by Crippen LogP contribution is -2.26. The quantitative estimate of drug-likeness (QED) is 0.742. The van der Waals surface area contributed by atoms with E-state index < -0.39 is 0 Å². The van der Waals surface area contributed by atoms with Crippen LogP contribution < -0.4 is 10.6 Å². The van der Waals surface area contributed by atoms with Gasteiger partial charge in [-0.05, 0) is 50.9 Å². The van der Waals surface area contributed by atoms with Gasteiger partial charge in [-0.15, -0.1) is 0 Å². The zero-order chi connectivity index (χ0) is 10.5. The monoisotopic (exact) mass is 210 g/mol. The van der Waals surface area contributed by atoms with Crippen molar-refractivity contribution in [2.75, 3.05) is 26.7 Å². The molecule has 1 saturated carbocycles. The van der Waals surface area contributed by atoms with Crippen molar-refractivity contribution in [2.45, 2.75) is 38.5 Å². The van der Waals surface area contributed by atoms with Crippen molar-refractivity contribution in [3.63, 3.8) is 0 Å². The molecule has 2 N–H and O–H groups in total. The molecule has 2 atom stereocenters. The Morgan fingerprint density at radius 3 is 2.53 bits per heavy atom. The molecule has 0 bridgehead atoms. The molecular formula is C13H26N2. The molecule has 88 valence electrons. The summed E-state index contributed by atoms with van der Waals surface area (Å²) in [7, 11) is 2.08. The number of rotatable bonds is 4. The Kier molecular flexibility index (Phi) is 4.45. The van der Waals surface area contributed by atoms with E-state index in [0.717, 1.165) is 17.8 Å². The molecule has 0 aromatic carbocycles. The molecule has 1 saturated heterocycles. The fourth-order valence-electron chi connectivity index (χ4n) is 3.42. The van der Waals surface area contributed by atoms with E-state index in [9.17, 15) is 0 Å². The van der Waals surface area contributed by atoms with Gasteiger partial charge in [-0.25, -0.2) is 0 Å². The summed E-state index contributed by atoms with van der Waals surface area (Å²) in [5, 5.41) is 6.89. The number of nitrogens with one attached hydrogen (secondary N) is 2. The van der Waals surface area contributed by atoms with E-state index in [-0.39, 0.29) is 0 Å². The Hall–Kier alpha value is -0.0800. The van der Waals surface area contributed by atoms with E-state index in [1.807, 2.05) is 0 Å². The van der Waals surface area contributed by atoms with Gasteiger partial charge in [-0.1, -0.05) is 32.1 Å². The summed E-state index contributed by atoms with van der Waals surface area (Å²) in [6, 6.07) is 0. The Balaban J connectivity index is 1.76. The normalized spacial score (nSPS) is 33.4. The van der Waals surface area contributed by atoms with Gasteiger partial charge >= 0.3 is 0 Å². The van der Waals surface area contributed by atoms with Crippen LogP contribution in [0.25, 0.3) is 0 Å². The van der Waals surface area contributed by atoms with Gasteiger partial charge in [0.1, 0.15) is 0 Å². The van der Waals surface area contributed by atoms with Crippen molar-refractivity contribution >= 4 is 0 Å². The van der Waals surface area contributed by atoms with E-state index in [1.165, 1.54) is 58.2 Å². The van der Waals surface area contributed by atoms with E-state index >= 15 is 0 Å². The number of hydrogen-bond acceptors (Lipinski definition) is 2. The fourth-order valence-corrected chi connectivity index (χ4v) is 3.42. The van der Waals surface area contributed by atoms with Gasteiger partial charge in [-0.3, -0.25) is 0 Å². The van der Waals surface area contributed by atoms with Crippen molar-refractivity contribution in [3.05, 3.63) is 0 Å². The first-order valence-corrected chi connectivity index (χ1v) is 6.75. The molecule has 1 aliphatic heterocycles. The van der Waals surface area contributed by atoms with Crippen LogP contribution in [0.4, 0.5) is 0 Å². The van der Waals surface area contributed by atoms with Crippen LogP contribution in [0.2, 0.25) is 0 Å². The minimum Gasteiger partial charge on any atom is -0.319 e. The fraction of sp³-hybridized carbons (Fsp3) is 1.00. The van der Waals surface area contributed by atoms with E-state index in [4.69, 9.17) is 0 Å². The third-order valence-electron chi connectivity index (χ3n) is 4.31. The molecule has 0 radical (unpaired) electrons. The highest BCUT2D eigenvalue weighted by Crippen LogP contribution is 2.32. The Morgan fingerprint density at radius 1 is 1.07 bits per heavy atom. The van der Waals surface area contributed by atoms with E-state index in [2.05, 4.69) is 17.7 Å². The molecule has 2 heteroatoms. The third-order valence-corrected chi connectivity index (χ3v) is 4.31. The maximum Gasteiger partial charge on any atom is -0.000512 e. The predicted octanol–water partition coefficient (Wildman–Crippen LogP) is 2.01. The zero-order valence-corrected chi connectivity index (χ0v) is 10.1. The number of hydrogen-bond donors (Lipinski definition) is 2. The SMILES string of the molecule is CNC[C@@H]1CNC[C@H]1CC1CCCCC1. The summed E-state index contributed by atoms with van der Waals surface area (Å²) in [5.41, 5.74) is 0. The van der Waals surface area contributed by atoms with Gasteiger partial charge in [0.15, 0.2) is 0 Å². The molecule has 2 rings (SSSR count). The third kappa shape index (κ3) is 3.18. The summed E-state index contributed by atoms with van der Waals surface area (Å²) in [4.78, 5) is 0. The highest BCUT2D eigenvalue weighted by atomic mass is 14.9. The second-order valence-electron chi connectivity index (χ2n) is 5.48. The highest BCUT2D eigenvalue weighted by Gasteiger charge is 2.29. The summed E-state index contributed by atoms with van der Waals surface area (Å²) in [6.07, 6.45) is 8.95. The first-order valence-electron chi connectivity index (χ1n) is 6.75. The van der Waals surface area contributed by atoms with Crippen LogP contribution in [0.15, 0.2) is 0 Å². The first-order chi connectivity index (χ1) is 7.40. The van der Waals surface area contributed by atoms with Crippen molar-refractivity contribution in [1.29, 1.82) is 0 Å². The maximum absolute atomic E-state index is 3.56. The predicted molar refractivity (Wildman–Crippen MR) is 65.0 cm³/mol. The molecule has 1 aliphatic carbocycles. The Bertz CT molecular complexity index is 175. The highest BCUT2D eigenvalue weighted by molar-refractivity contribution is 4.84. The maximum atomic E-state index is 3.56. The molecule has 0 amide bonds. The van der Waals surface area contributed by atoms with Crippen LogP contribution >= 0.6 is 0 Å². The van der Waals surface area contributed by atoms with Crippen LogP contribution in [0, 0.1) is 17.8 Å². The largest absolute Gasteiger partial charge is 0.319 e. The molecule has 2 fully saturated rings. The molecule has 0 aromatic heterocycles. The molecule has 0 unspecified atom stereocenters. The van der Waals surface area contributed by atoms with Gasteiger partial charge in [0.25, 0.3) is 0 Å². The van der Waals surface area contributed by atoms with Crippen LogP contribution in [0.3, 0.4) is 0 Å². The minimum absolute atomic E-state index is 0.886. The lowest BCUT2D eigenvalue weighted by molar-refractivity contribution is 0.262. The summed E-state index contributed by atoms with van der Waals surface area (Å²) < 4.78 is 0. The minimum atomic E-state index is 0.886. The van der Waals surface area contributed by atoms with Crippen LogP contribution in [-0.4, -0.2) is 26.7 Å². The Morgan fingerprint density at radius 2 is 1.80 bits per heavy atom. The van der Waals surface area contributed by atoms with Gasteiger partial charge in [0.05, 0.1) is 0 Å². The molecule has 0 spiro atoms. The van der Waals surface area contributed by atoms with E-state index in [1.54, 1.807) is 0 Å². The van der Waals surface area contributed by atoms with Gasteiger partial charge in [0, 0.05) is 0 Å². The van der Waals surface area contributed by atoms with Crippen molar-refractivity contribution in [2.24, 2.45) is 17.8 Å². The molecule has 0 aromatic rings. The van der Waals surface area contributed by atoms with Crippen LogP contribution in [0.5, 0.6) is 0 Å². The average molecular weight is 210 g/mol. The van der Waals surface area contributed by atoms with Crippen molar-refractivity contribution in [1.82, 2.24) is 10.6 Å². The summed E-state index contributed by atoms with van der Waals surface area (Å²) in [6.45, 7) is 3.70. The second-order valence-corrected chi connectivity index (χ2v) is 5.48. The van der Waals surface area contributed by atoms with Crippen LogP contribution in [-0.2, 0) is 0 Å². The molecular weight excluding hydrogens is 184 g/mol. The van der Waals surface area contributed by atoms with Gasteiger partial charge in [0.2, 0.25) is 0 Å². The van der Waals surface area contributed by atoms with E-state index in [0.29, 0.717) is 0 Å². The topological polar surface area (TPSA) is 24.1 Å². The standard InChI is InChI=1S/C13H26N2/c1-14-8-13-10-15-9-12(13)7-11-5-3-2-4-6-11/h11-15H,2-10H2,1H3/t12-,13-/m1/s1. The van der Waals surface area contributed by atoms with Gasteiger partial charge < -0.3 is 10.6 Å². The molecule has 2 nitrogen and oxygen atoms in total. The Labute approximate surface area is 94.2 Å². The first kappa shape index (κ1) is 11.4. The lowest BCUT2D eigenvalue weighted by Gasteiger charge is -2.27. The van der Waals surface area contributed by atoms with Crippen LogP contribution in [0.1, 0.15) is 38.5 Å². The second kappa shape index (κ2) is 5.86. The van der Waals surface area contributed by atoms with Crippen molar-refractivity contribution in [3.8, 4) is 0 Å². The summed E-state index contributed by atoms with van der Waals surface area (Å²) in [5.74, 6) is 2.88. The molecule has 1 heterocycles. The smallest absolute Gasteiger partial charge is 0.000512 e. The average Bonchev–Trinajstić information content (AvgIpc) is 2.68. The summed E-state index contributed by atoms with van der Waals surface area (Å²) >= 11 is 0. The molecule has 15 heavy (non-hydrogen) atoms. The van der Waals surface area contributed by atoms with Gasteiger partial charge in [-0.2, -0.15) is 0 Å². The van der Waals surface area contributed by atoms with Crippen molar-refractivity contribution < 1.29 is 0 Å². The zero-order valence-electron chi connectivity index (χ0n) is 10.1. The molecule has 2 aliphatic rings.